The molecule has 0 spiro atoms. The fourth-order valence-electron chi connectivity index (χ4n) is 3.07. The molecule has 0 saturated carbocycles. The number of aromatic nitrogens is 2. The zero-order chi connectivity index (χ0) is 15.8. The smallest absolute Gasteiger partial charge is 0.162 e. The predicted molar refractivity (Wildman–Crippen MR) is 89.8 cm³/mol. The quantitative estimate of drug-likeness (QED) is 0.742. The average molecular weight is 307 g/mol. The van der Waals surface area contributed by atoms with E-state index in [0.717, 1.165) is 29.7 Å². The third kappa shape index (κ3) is 2.25. The summed E-state index contributed by atoms with van der Waals surface area (Å²) in [6.07, 6.45) is 1.03. The van der Waals surface area contributed by atoms with Crippen LogP contribution in [0.5, 0.6) is 11.5 Å². The molecule has 5 nitrogen and oxygen atoms in total. The van der Waals surface area contributed by atoms with Crippen LogP contribution in [0.2, 0.25) is 0 Å². The number of ether oxygens (including phenoxy) is 2. The Kier molecular flexibility index (Phi) is 3.26. The topological polar surface area (TPSA) is 47.5 Å². The Hall–Kier alpha value is -2.82. The fourth-order valence-corrected chi connectivity index (χ4v) is 3.07. The normalized spacial score (nSPS) is 13.2. The maximum atomic E-state index is 5.38. The minimum atomic E-state index is 0.661. The van der Waals surface area contributed by atoms with Gasteiger partial charge < -0.3 is 14.4 Å². The van der Waals surface area contributed by atoms with Crippen molar-refractivity contribution < 1.29 is 9.47 Å². The standard InChI is InChI=1S/C18H17N3O2/c1-22-16-9-13-10-18(20-19-14(13)11-17(16)23-2)21-8-7-12-5-3-4-6-15(12)21/h3-6,9-11H,7-8H2,1-2H3. The van der Waals surface area contributed by atoms with E-state index < -0.39 is 0 Å². The summed E-state index contributed by atoms with van der Waals surface area (Å²) >= 11 is 0. The molecule has 23 heavy (non-hydrogen) atoms. The Morgan fingerprint density at radius 2 is 1.74 bits per heavy atom. The van der Waals surface area contributed by atoms with Crippen molar-refractivity contribution in [2.24, 2.45) is 0 Å². The number of hydrogen-bond donors (Lipinski definition) is 0. The van der Waals surface area contributed by atoms with Crippen molar-refractivity contribution in [3.8, 4) is 11.5 Å². The highest BCUT2D eigenvalue weighted by molar-refractivity contribution is 5.85. The summed E-state index contributed by atoms with van der Waals surface area (Å²) in [5.74, 6) is 2.21. The van der Waals surface area contributed by atoms with Gasteiger partial charge >= 0.3 is 0 Å². The Morgan fingerprint density at radius 3 is 2.57 bits per heavy atom. The van der Waals surface area contributed by atoms with E-state index in [1.807, 2.05) is 18.2 Å². The van der Waals surface area contributed by atoms with Crippen molar-refractivity contribution in [1.29, 1.82) is 0 Å². The fraction of sp³-hybridized carbons (Fsp3) is 0.222. The van der Waals surface area contributed by atoms with Crippen LogP contribution in [-0.4, -0.2) is 31.0 Å². The van der Waals surface area contributed by atoms with Gasteiger partial charge in [0, 0.05) is 23.7 Å². The number of fused-ring (bicyclic) bond motifs is 2. The highest BCUT2D eigenvalue weighted by atomic mass is 16.5. The lowest BCUT2D eigenvalue weighted by atomic mass is 10.2. The van der Waals surface area contributed by atoms with Crippen molar-refractivity contribution >= 4 is 22.4 Å². The molecule has 0 saturated heterocycles. The van der Waals surface area contributed by atoms with Gasteiger partial charge in [0.15, 0.2) is 17.3 Å². The molecule has 1 aromatic heterocycles. The number of methoxy groups -OCH3 is 2. The molecular weight excluding hydrogens is 290 g/mol. The second-order valence-electron chi connectivity index (χ2n) is 5.50. The molecule has 0 amide bonds. The third-order valence-electron chi connectivity index (χ3n) is 4.24. The van der Waals surface area contributed by atoms with Crippen molar-refractivity contribution in [2.75, 3.05) is 25.7 Å². The van der Waals surface area contributed by atoms with E-state index in [4.69, 9.17) is 9.47 Å². The summed E-state index contributed by atoms with van der Waals surface area (Å²) in [5, 5.41) is 9.74. The summed E-state index contributed by atoms with van der Waals surface area (Å²) in [5.41, 5.74) is 3.35. The predicted octanol–water partition coefficient (Wildman–Crippen LogP) is 3.34. The Morgan fingerprint density at radius 1 is 0.957 bits per heavy atom. The number of para-hydroxylation sites is 1. The van der Waals surface area contributed by atoms with Crippen LogP contribution in [0, 0.1) is 0 Å². The lowest BCUT2D eigenvalue weighted by molar-refractivity contribution is 0.355. The number of nitrogens with zero attached hydrogens (tertiary/aromatic N) is 3. The summed E-state index contributed by atoms with van der Waals surface area (Å²) < 4.78 is 10.7. The Balaban J connectivity index is 1.81. The molecule has 2 aromatic carbocycles. The van der Waals surface area contributed by atoms with Crippen LogP contribution in [0.25, 0.3) is 10.9 Å². The second kappa shape index (κ2) is 5.43. The van der Waals surface area contributed by atoms with E-state index in [2.05, 4.69) is 39.4 Å². The van der Waals surface area contributed by atoms with E-state index in [9.17, 15) is 0 Å². The highest BCUT2D eigenvalue weighted by Crippen LogP contribution is 2.36. The minimum Gasteiger partial charge on any atom is -0.493 e. The van der Waals surface area contributed by atoms with E-state index in [1.54, 1.807) is 14.2 Å². The molecule has 1 aliphatic rings. The van der Waals surface area contributed by atoms with Gasteiger partial charge in [-0.1, -0.05) is 18.2 Å². The first-order valence-electron chi connectivity index (χ1n) is 7.55. The molecule has 3 aromatic rings. The van der Waals surface area contributed by atoms with Gasteiger partial charge in [0.05, 0.1) is 19.7 Å². The number of benzene rings is 2. The molecular formula is C18H17N3O2. The molecule has 5 heteroatoms. The van der Waals surface area contributed by atoms with E-state index >= 15 is 0 Å². The van der Waals surface area contributed by atoms with Crippen molar-refractivity contribution in [2.45, 2.75) is 6.42 Å². The first-order chi connectivity index (χ1) is 11.3. The van der Waals surface area contributed by atoms with Crippen LogP contribution in [0.4, 0.5) is 11.5 Å². The maximum Gasteiger partial charge on any atom is 0.162 e. The lowest BCUT2D eigenvalue weighted by Crippen LogP contribution is -2.15. The van der Waals surface area contributed by atoms with Gasteiger partial charge in [-0.3, -0.25) is 0 Å². The molecule has 0 atom stereocenters. The van der Waals surface area contributed by atoms with Crippen LogP contribution < -0.4 is 14.4 Å². The van der Waals surface area contributed by atoms with E-state index in [0.29, 0.717) is 11.5 Å². The molecule has 0 N–H and O–H groups in total. The summed E-state index contributed by atoms with van der Waals surface area (Å²) in [6, 6.07) is 14.3. The number of rotatable bonds is 3. The monoisotopic (exact) mass is 307 g/mol. The first-order valence-corrected chi connectivity index (χ1v) is 7.55. The SMILES string of the molecule is COc1cc2cc(N3CCc4ccccc43)nnc2cc1OC. The van der Waals surface area contributed by atoms with Crippen LogP contribution >= 0.6 is 0 Å². The van der Waals surface area contributed by atoms with Crippen LogP contribution in [0.3, 0.4) is 0 Å². The minimum absolute atomic E-state index is 0.661. The molecule has 1 aliphatic heterocycles. The summed E-state index contributed by atoms with van der Waals surface area (Å²) in [6.45, 7) is 0.923. The Bertz CT molecular complexity index is 879. The van der Waals surface area contributed by atoms with Gasteiger partial charge in [-0.2, -0.15) is 0 Å². The van der Waals surface area contributed by atoms with Gasteiger partial charge in [0.25, 0.3) is 0 Å². The van der Waals surface area contributed by atoms with Gasteiger partial charge in [-0.25, -0.2) is 0 Å². The van der Waals surface area contributed by atoms with E-state index in [-0.39, 0.29) is 0 Å². The molecule has 0 radical (unpaired) electrons. The van der Waals surface area contributed by atoms with Gasteiger partial charge in [0.2, 0.25) is 0 Å². The summed E-state index contributed by atoms with van der Waals surface area (Å²) in [4.78, 5) is 2.21. The van der Waals surface area contributed by atoms with Crippen LogP contribution in [0.1, 0.15) is 5.56 Å². The number of hydrogen-bond acceptors (Lipinski definition) is 5. The largest absolute Gasteiger partial charge is 0.493 e. The van der Waals surface area contributed by atoms with Crippen LogP contribution in [0.15, 0.2) is 42.5 Å². The molecule has 0 fully saturated rings. The molecule has 0 aliphatic carbocycles. The first kappa shape index (κ1) is 13.8. The van der Waals surface area contributed by atoms with Crippen LogP contribution in [-0.2, 0) is 6.42 Å². The Labute approximate surface area is 134 Å². The third-order valence-corrected chi connectivity index (χ3v) is 4.24. The van der Waals surface area contributed by atoms with E-state index in [1.165, 1.54) is 11.3 Å². The maximum absolute atomic E-state index is 5.38. The molecule has 0 bridgehead atoms. The van der Waals surface area contributed by atoms with Gasteiger partial charge in [-0.15, -0.1) is 10.2 Å². The molecule has 116 valence electrons. The highest BCUT2D eigenvalue weighted by Gasteiger charge is 2.21. The van der Waals surface area contributed by atoms with Crippen molar-refractivity contribution in [1.82, 2.24) is 10.2 Å². The van der Waals surface area contributed by atoms with Crippen molar-refractivity contribution in [3.63, 3.8) is 0 Å². The van der Waals surface area contributed by atoms with Gasteiger partial charge in [-0.05, 0) is 30.2 Å². The molecule has 0 unspecified atom stereocenters. The average Bonchev–Trinajstić information content (AvgIpc) is 3.04. The zero-order valence-electron chi connectivity index (χ0n) is 13.1. The number of anilines is 2. The second-order valence-corrected chi connectivity index (χ2v) is 5.50. The zero-order valence-corrected chi connectivity index (χ0v) is 13.1. The van der Waals surface area contributed by atoms with Gasteiger partial charge in [0.1, 0.15) is 0 Å². The van der Waals surface area contributed by atoms with Crippen molar-refractivity contribution in [3.05, 3.63) is 48.0 Å². The summed E-state index contributed by atoms with van der Waals surface area (Å²) in [7, 11) is 3.25. The molecule has 2 heterocycles. The lowest BCUT2D eigenvalue weighted by Gasteiger charge is -2.18. The molecule has 4 rings (SSSR count).